The number of aryl methyl sites for hydroxylation is 2. The predicted octanol–water partition coefficient (Wildman–Crippen LogP) is 3.35. The van der Waals surface area contributed by atoms with E-state index in [1.165, 1.54) is 4.90 Å². The maximum absolute atomic E-state index is 13.4. The minimum absolute atomic E-state index is 0.0327. The Morgan fingerprint density at radius 3 is 2.42 bits per heavy atom. The summed E-state index contributed by atoms with van der Waals surface area (Å²) in [6.07, 6.45) is 1.64. The van der Waals surface area contributed by atoms with Crippen LogP contribution in [0.3, 0.4) is 0 Å². The number of hydrogen-bond acceptors (Lipinski definition) is 4. The number of carbonyl (C=O) groups is 3. The molecule has 1 aromatic heterocycles. The lowest BCUT2D eigenvalue weighted by molar-refractivity contribution is -0.135. The van der Waals surface area contributed by atoms with E-state index in [0.29, 0.717) is 49.5 Å². The Hall–Kier alpha value is -3.45. The number of hydrogen-bond donors (Lipinski definition) is 0. The molecular formula is C26H29N3O4. The number of fused-ring (bicyclic) bond motifs is 1. The molecular weight excluding hydrogens is 418 g/mol. The second kappa shape index (κ2) is 9.58. The zero-order chi connectivity index (χ0) is 23.5. The maximum Gasteiger partial charge on any atom is 0.299 e. The van der Waals surface area contributed by atoms with Gasteiger partial charge in [-0.25, -0.2) is 0 Å². The highest BCUT2D eigenvalue weighted by Crippen LogP contribution is 2.25. The van der Waals surface area contributed by atoms with Crippen LogP contribution in [-0.2, 0) is 20.9 Å². The zero-order valence-corrected chi connectivity index (χ0v) is 19.3. The van der Waals surface area contributed by atoms with E-state index in [0.717, 1.165) is 16.6 Å². The van der Waals surface area contributed by atoms with Gasteiger partial charge in [0.2, 0.25) is 5.91 Å². The van der Waals surface area contributed by atoms with E-state index in [-0.39, 0.29) is 12.5 Å². The van der Waals surface area contributed by atoms with Gasteiger partial charge >= 0.3 is 0 Å². The number of carbonyl (C=O) groups excluding carboxylic acids is 3. The Kier molecular flexibility index (Phi) is 6.60. The van der Waals surface area contributed by atoms with Crippen LogP contribution in [-0.4, -0.2) is 59.9 Å². The molecule has 2 heterocycles. The molecule has 33 heavy (non-hydrogen) atoms. The van der Waals surface area contributed by atoms with E-state index in [1.807, 2.05) is 63.2 Å². The molecule has 1 aliphatic heterocycles. The van der Waals surface area contributed by atoms with Crippen LogP contribution in [0.2, 0.25) is 0 Å². The van der Waals surface area contributed by atoms with E-state index < -0.39 is 11.7 Å². The third-order valence-corrected chi connectivity index (χ3v) is 6.26. The summed E-state index contributed by atoms with van der Waals surface area (Å²) in [4.78, 5) is 42.7. The fourth-order valence-electron chi connectivity index (χ4n) is 4.19. The molecule has 0 N–H and O–H groups in total. The van der Waals surface area contributed by atoms with Crippen LogP contribution in [0.25, 0.3) is 10.9 Å². The van der Waals surface area contributed by atoms with Gasteiger partial charge in [0.25, 0.3) is 11.7 Å². The highest BCUT2D eigenvalue weighted by Gasteiger charge is 2.27. The van der Waals surface area contributed by atoms with Crippen molar-refractivity contribution in [3.8, 4) is 0 Å². The summed E-state index contributed by atoms with van der Waals surface area (Å²) in [5.41, 5.74) is 3.95. The van der Waals surface area contributed by atoms with Gasteiger partial charge in [0.1, 0.15) is 6.54 Å². The number of ketones is 1. The Bertz CT molecular complexity index is 1210. The first-order valence-electron chi connectivity index (χ1n) is 11.3. The van der Waals surface area contributed by atoms with Gasteiger partial charge in [-0.1, -0.05) is 24.3 Å². The molecule has 172 valence electrons. The highest BCUT2D eigenvalue weighted by atomic mass is 16.5. The van der Waals surface area contributed by atoms with Gasteiger partial charge < -0.3 is 19.1 Å². The number of benzene rings is 2. The van der Waals surface area contributed by atoms with Crippen molar-refractivity contribution < 1.29 is 19.1 Å². The molecule has 0 radical (unpaired) electrons. The standard InChI is InChI=1S/C26H29N3O4/c1-4-29(20-10-9-18(2)19(3)15-20)26(32)25(31)22-16-28(23-8-6-5-7-21(22)23)17-24(30)27-11-13-33-14-12-27/h5-10,15-16H,4,11-14,17H2,1-3H3. The highest BCUT2D eigenvalue weighted by molar-refractivity contribution is 6.48. The third kappa shape index (κ3) is 4.54. The molecule has 0 aliphatic carbocycles. The van der Waals surface area contributed by atoms with Gasteiger partial charge in [0, 0.05) is 42.4 Å². The number of likely N-dealkylation sites (N-methyl/N-ethyl adjacent to an activating group) is 1. The maximum atomic E-state index is 13.4. The summed E-state index contributed by atoms with van der Waals surface area (Å²) in [6.45, 7) is 8.51. The minimum Gasteiger partial charge on any atom is -0.378 e. The Morgan fingerprint density at radius 1 is 1.00 bits per heavy atom. The van der Waals surface area contributed by atoms with E-state index >= 15 is 0 Å². The van der Waals surface area contributed by atoms with Gasteiger partial charge in [-0.15, -0.1) is 0 Å². The second-order valence-electron chi connectivity index (χ2n) is 8.33. The topological polar surface area (TPSA) is 71.9 Å². The van der Waals surface area contributed by atoms with E-state index in [1.54, 1.807) is 15.7 Å². The van der Waals surface area contributed by atoms with Crippen molar-refractivity contribution in [1.82, 2.24) is 9.47 Å². The molecule has 7 nitrogen and oxygen atoms in total. The zero-order valence-electron chi connectivity index (χ0n) is 19.3. The number of anilines is 1. The number of ether oxygens (including phenoxy) is 1. The fraction of sp³-hybridized carbons (Fsp3) is 0.346. The largest absolute Gasteiger partial charge is 0.378 e. The number of nitrogens with zero attached hydrogens (tertiary/aromatic N) is 3. The van der Waals surface area contributed by atoms with Gasteiger partial charge in [0.15, 0.2) is 0 Å². The lowest BCUT2D eigenvalue weighted by atomic mass is 10.1. The molecule has 1 fully saturated rings. The number of aromatic nitrogens is 1. The number of amides is 2. The summed E-state index contributed by atoms with van der Waals surface area (Å²) in [6, 6.07) is 13.1. The van der Waals surface area contributed by atoms with E-state index in [2.05, 4.69) is 0 Å². The van der Waals surface area contributed by atoms with Crippen LogP contribution in [0.4, 0.5) is 5.69 Å². The summed E-state index contributed by atoms with van der Waals surface area (Å²) in [5, 5.41) is 0.668. The number of Topliss-reactive ketones (excluding diaryl/α,β-unsaturated/α-hetero) is 1. The molecule has 4 rings (SSSR count). The predicted molar refractivity (Wildman–Crippen MR) is 128 cm³/mol. The molecule has 2 aromatic carbocycles. The Balaban J connectivity index is 1.64. The first-order chi connectivity index (χ1) is 15.9. The average molecular weight is 448 g/mol. The second-order valence-corrected chi connectivity index (χ2v) is 8.33. The van der Waals surface area contributed by atoms with Crippen LogP contribution in [0.5, 0.6) is 0 Å². The van der Waals surface area contributed by atoms with Crippen LogP contribution < -0.4 is 4.90 Å². The van der Waals surface area contributed by atoms with Gasteiger partial charge in [-0.3, -0.25) is 14.4 Å². The molecule has 0 bridgehead atoms. The van der Waals surface area contributed by atoms with Gasteiger partial charge in [-0.2, -0.15) is 0 Å². The molecule has 7 heteroatoms. The van der Waals surface area contributed by atoms with Crippen LogP contribution in [0.15, 0.2) is 48.7 Å². The van der Waals surface area contributed by atoms with E-state index in [4.69, 9.17) is 4.74 Å². The summed E-state index contributed by atoms with van der Waals surface area (Å²) in [7, 11) is 0. The van der Waals surface area contributed by atoms with Crippen molar-refractivity contribution in [3.63, 3.8) is 0 Å². The average Bonchev–Trinajstić information content (AvgIpc) is 3.20. The lowest BCUT2D eigenvalue weighted by Crippen LogP contribution is -2.42. The number of para-hydroxylation sites is 1. The van der Waals surface area contributed by atoms with Crippen molar-refractivity contribution in [2.45, 2.75) is 27.3 Å². The summed E-state index contributed by atoms with van der Waals surface area (Å²) >= 11 is 0. The molecule has 2 amide bonds. The summed E-state index contributed by atoms with van der Waals surface area (Å²) < 4.78 is 7.09. The van der Waals surface area contributed by atoms with Crippen molar-refractivity contribution in [2.75, 3.05) is 37.7 Å². The smallest absolute Gasteiger partial charge is 0.299 e. The fourth-order valence-corrected chi connectivity index (χ4v) is 4.19. The number of rotatable bonds is 6. The van der Waals surface area contributed by atoms with Gasteiger partial charge in [0.05, 0.1) is 18.8 Å². The third-order valence-electron chi connectivity index (χ3n) is 6.26. The SMILES string of the molecule is CCN(C(=O)C(=O)c1cn(CC(=O)N2CCOCC2)c2ccccc12)c1ccc(C)c(C)c1. The first kappa shape index (κ1) is 22.7. The monoisotopic (exact) mass is 447 g/mol. The van der Waals surface area contributed by atoms with Crippen molar-refractivity contribution in [3.05, 3.63) is 65.4 Å². The van der Waals surface area contributed by atoms with Crippen molar-refractivity contribution >= 4 is 34.2 Å². The van der Waals surface area contributed by atoms with Crippen LogP contribution >= 0.6 is 0 Å². The molecule has 0 saturated carbocycles. The van der Waals surface area contributed by atoms with Crippen LogP contribution in [0, 0.1) is 13.8 Å². The van der Waals surface area contributed by atoms with Crippen molar-refractivity contribution in [2.24, 2.45) is 0 Å². The van der Waals surface area contributed by atoms with Crippen molar-refractivity contribution in [1.29, 1.82) is 0 Å². The first-order valence-corrected chi connectivity index (χ1v) is 11.3. The number of morpholine rings is 1. The quantitative estimate of drug-likeness (QED) is 0.429. The molecule has 0 spiro atoms. The molecule has 0 unspecified atom stereocenters. The normalized spacial score (nSPS) is 13.8. The molecule has 1 aliphatic rings. The Morgan fingerprint density at radius 2 is 1.73 bits per heavy atom. The molecule has 1 saturated heterocycles. The minimum atomic E-state index is -0.580. The lowest BCUT2D eigenvalue weighted by Gasteiger charge is -2.27. The van der Waals surface area contributed by atoms with Gasteiger partial charge in [-0.05, 0) is 50.1 Å². The van der Waals surface area contributed by atoms with Crippen LogP contribution in [0.1, 0.15) is 28.4 Å². The van der Waals surface area contributed by atoms with E-state index in [9.17, 15) is 14.4 Å². The molecule has 0 atom stereocenters. The summed E-state index contributed by atoms with van der Waals surface area (Å²) in [5.74, 6) is -1.19. The molecule has 3 aromatic rings. The Labute approximate surface area is 193 Å².